The quantitative estimate of drug-likeness (QED) is 0.434. The number of unbranched alkanes of at least 4 members (excludes halogenated alkanes) is 1. The van der Waals surface area contributed by atoms with Crippen LogP contribution in [0, 0.1) is 6.92 Å². The Morgan fingerprint density at radius 2 is 2.00 bits per heavy atom. The molecule has 0 radical (unpaired) electrons. The summed E-state index contributed by atoms with van der Waals surface area (Å²) >= 11 is 5.69. The molecule has 1 amide bonds. The fourth-order valence-electron chi connectivity index (χ4n) is 2.12. The summed E-state index contributed by atoms with van der Waals surface area (Å²) in [4.78, 5) is 25.7. The van der Waals surface area contributed by atoms with Gasteiger partial charge in [-0.15, -0.1) is 11.6 Å². The number of ether oxygens (including phenoxy) is 2. The van der Waals surface area contributed by atoms with E-state index in [-0.39, 0.29) is 6.61 Å². The van der Waals surface area contributed by atoms with Crippen molar-refractivity contribution in [2.45, 2.75) is 26.7 Å². The van der Waals surface area contributed by atoms with Gasteiger partial charge in [0, 0.05) is 12.4 Å². The molecule has 22 heavy (non-hydrogen) atoms. The highest BCUT2D eigenvalue weighted by Crippen LogP contribution is 2.26. The zero-order valence-corrected chi connectivity index (χ0v) is 14.0. The maximum absolute atomic E-state index is 12.2. The monoisotopic (exact) mass is 327 g/mol. The van der Waals surface area contributed by atoms with Gasteiger partial charge in [-0.05, 0) is 38.3 Å². The number of hydrogen-bond acceptors (Lipinski definition) is 4. The fraction of sp³-hybridized carbons (Fsp3) is 0.500. The lowest BCUT2D eigenvalue weighted by Gasteiger charge is -2.24. The maximum atomic E-state index is 12.2. The molecule has 0 aliphatic heterocycles. The van der Waals surface area contributed by atoms with E-state index in [1.54, 1.807) is 32.0 Å². The lowest BCUT2D eigenvalue weighted by Crippen LogP contribution is -2.34. The van der Waals surface area contributed by atoms with Crippen LogP contribution in [-0.4, -0.2) is 38.2 Å². The lowest BCUT2D eigenvalue weighted by molar-refractivity contribution is 0.0600. The standard InChI is InChI=1S/C16H22ClNO4/c1-4-22-16(20)18(11-6-5-10-17)13-9-7-8-12(2)14(13)15(19)21-3/h7-9H,4-6,10-11H2,1-3H3. The van der Waals surface area contributed by atoms with Crippen LogP contribution in [0.4, 0.5) is 10.5 Å². The molecule has 1 rings (SSSR count). The molecule has 122 valence electrons. The molecule has 1 aromatic carbocycles. The van der Waals surface area contributed by atoms with E-state index < -0.39 is 12.1 Å². The van der Waals surface area contributed by atoms with Crippen molar-refractivity contribution >= 4 is 29.4 Å². The average Bonchev–Trinajstić information content (AvgIpc) is 2.51. The number of esters is 1. The van der Waals surface area contributed by atoms with Gasteiger partial charge in [-0.3, -0.25) is 4.90 Å². The molecule has 6 heteroatoms. The van der Waals surface area contributed by atoms with Gasteiger partial charge in [0.25, 0.3) is 0 Å². The molecule has 0 N–H and O–H groups in total. The van der Waals surface area contributed by atoms with Crippen LogP contribution >= 0.6 is 11.6 Å². The van der Waals surface area contributed by atoms with Crippen molar-refractivity contribution in [3.05, 3.63) is 29.3 Å². The number of hydrogen-bond donors (Lipinski definition) is 0. The smallest absolute Gasteiger partial charge is 0.414 e. The second-order valence-electron chi connectivity index (χ2n) is 4.71. The summed E-state index contributed by atoms with van der Waals surface area (Å²) in [5, 5.41) is 0. The molecule has 0 unspecified atom stereocenters. The SMILES string of the molecule is CCOC(=O)N(CCCCCl)c1cccc(C)c1C(=O)OC. The Labute approximate surface area is 136 Å². The van der Waals surface area contributed by atoms with E-state index in [4.69, 9.17) is 21.1 Å². The maximum Gasteiger partial charge on any atom is 0.414 e. The summed E-state index contributed by atoms with van der Waals surface area (Å²) in [5.74, 6) is 0.0497. The van der Waals surface area contributed by atoms with Crippen molar-refractivity contribution in [1.82, 2.24) is 0 Å². The number of rotatable bonds is 7. The van der Waals surface area contributed by atoms with E-state index in [1.165, 1.54) is 12.0 Å². The van der Waals surface area contributed by atoms with Gasteiger partial charge in [-0.2, -0.15) is 0 Å². The second kappa shape index (κ2) is 9.30. The van der Waals surface area contributed by atoms with Gasteiger partial charge in [0.15, 0.2) is 0 Å². The first-order valence-electron chi connectivity index (χ1n) is 7.25. The van der Waals surface area contributed by atoms with Crippen LogP contribution in [0.15, 0.2) is 18.2 Å². The van der Waals surface area contributed by atoms with Crippen LogP contribution in [0.2, 0.25) is 0 Å². The van der Waals surface area contributed by atoms with Gasteiger partial charge in [0.2, 0.25) is 0 Å². The summed E-state index contributed by atoms with van der Waals surface area (Å²) in [6, 6.07) is 5.32. The van der Waals surface area contributed by atoms with Gasteiger partial charge >= 0.3 is 12.1 Å². The first kappa shape index (κ1) is 18.3. The predicted octanol–water partition coefficient (Wildman–Crippen LogP) is 3.76. The third kappa shape index (κ3) is 4.63. The highest BCUT2D eigenvalue weighted by atomic mass is 35.5. The second-order valence-corrected chi connectivity index (χ2v) is 5.09. The molecule has 0 bridgehead atoms. The number of nitrogens with zero attached hydrogens (tertiary/aromatic N) is 1. The van der Waals surface area contributed by atoms with Crippen molar-refractivity contribution < 1.29 is 19.1 Å². The largest absolute Gasteiger partial charge is 0.465 e. The zero-order chi connectivity index (χ0) is 16.5. The normalized spacial score (nSPS) is 10.2. The van der Waals surface area contributed by atoms with Crippen LogP contribution in [0.25, 0.3) is 0 Å². The van der Waals surface area contributed by atoms with Crippen molar-refractivity contribution in [2.75, 3.05) is 31.0 Å². The minimum absolute atomic E-state index is 0.268. The predicted molar refractivity (Wildman–Crippen MR) is 86.8 cm³/mol. The minimum Gasteiger partial charge on any atom is -0.465 e. The molecule has 0 aliphatic rings. The number of anilines is 1. The molecular formula is C16H22ClNO4. The highest BCUT2D eigenvalue weighted by Gasteiger charge is 2.24. The fourth-order valence-corrected chi connectivity index (χ4v) is 2.31. The highest BCUT2D eigenvalue weighted by molar-refractivity contribution is 6.17. The molecule has 0 saturated carbocycles. The number of alkyl halides is 1. The number of aryl methyl sites for hydroxylation is 1. The number of amides is 1. The van der Waals surface area contributed by atoms with Gasteiger partial charge < -0.3 is 9.47 Å². The van der Waals surface area contributed by atoms with E-state index in [2.05, 4.69) is 0 Å². The summed E-state index contributed by atoms with van der Waals surface area (Å²) in [7, 11) is 1.32. The summed E-state index contributed by atoms with van der Waals surface area (Å²) < 4.78 is 9.93. The Bertz CT molecular complexity index is 519. The molecule has 0 heterocycles. The van der Waals surface area contributed by atoms with Gasteiger partial charge in [-0.1, -0.05) is 12.1 Å². The molecule has 0 atom stereocenters. The molecule has 0 spiro atoms. The first-order chi connectivity index (χ1) is 10.6. The van der Waals surface area contributed by atoms with Crippen molar-refractivity contribution in [3.8, 4) is 0 Å². The van der Waals surface area contributed by atoms with E-state index >= 15 is 0 Å². The Kier molecular flexibility index (Phi) is 7.74. The summed E-state index contributed by atoms with van der Waals surface area (Å²) in [6.45, 7) is 4.24. The van der Waals surface area contributed by atoms with Crippen molar-refractivity contribution in [2.24, 2.45) is 0 Å². The molecular weight excluding hydrogens is 306 g/mol. The summed E-state index contributed by atoms with van der Waals surface area (Å²) in [5.41, 5.74) is 1.62. The Morgan fingerprint density at radius 1 is 1.27 bits per heavy atom. The number of methoxy groups -OCH3 is 1. The first-order valence-corrected chi connectivity index (χ1v) is 7.78. The van der Waals surface area contributed by atoms with Crippen LogP contribution in [0.3, 0.4) is 0 Å². The average molecular weight is 328 g/mol. The Balaban J connectivity index is 3.20. The zero-order valence-electron chi connectivity index (χ0n) is 13.2. The van der Waals surface area contributed by atoms with Crippen LogP contribution in [0.1, 0.15) is 35.7 Å². The number of halogens is 1. The van der Waals surface area contributed by atoms with E-state index in [0.29, 0.717) is 23.7 Å². The molecule has 0 fully saturated rings. The third-order valence-electron chi connectivity index (χ3n) is 3.18. The van der Waals surface area contributed by atoms with Gasteiger partial charge in [0.1, 0.15) is 0 Å². The van der Waals surface area contributed by atoms with Crippen molar-refractivity contribution in [3.63, 3.8) is 0 Å². The van der Waals surface area contributed by atoms with Crippen molar-refractivity contribution in [1.29, 1.82) is 0 Å². The molecule has 0 saturated heterocycles. The lowest BCUT2D eigenvalue weighted by atomic mass is 10.1. The van der Waals surface area contributed by atoms with E-state index in [0.717, 1.165) is 18.4 Å². The number of carbonyl (C=O) groups is 2. The Hall–Kier alpha value is -1.75. The molecule has 0 aromatic heterocycles. The van der Waals surface area contributed by atoms with E-state index in [9.17, 15) is 9.59 Å². The number of benzene rings is 1. The molecule has 5 nitrogen and oxygen atoms in total. The van der Waals surface area contributed by atoms with Crippen LogP contribution < -0.4 is 4.90 Å². The number of carbonyl (C=O) groups excluding carboxylic acids is 2. The molecule has 0 aliphatic carbocycles. The minimum atomic E-state index is -0.479. The van der Waals surface area contributed by atoms with E-state index in [1.807, 2.05) is 0 Å². The van der Waals surface area contributed by atoms with Gasteiger partial charge in [-0.25, -0.2) is 9.59 Å². The molecule has 1 aromatic rings. The third-order valence-corrected chi connectivity index (χ3v) is 3.45. The summed E-state index contributed by atoms with van der Waals surface area (Å²) in [6.07, 6.45) is 1.01. The van der Waals surface area contributed by atoms with Gasteiger partial charge in [0.05, 0.1) is 25.0 Å². The van der Waals surface area contributed by atoms with Crippen LogP contribution in [-0.2, 0) is 9.47 Å². The Morgan fingerprint density at radius 3 is 2.59 bits per heavy atom. The van der Waals surface area contributed by atoms with Crippen LogP contribution in [0.5, 0.6) is 0 Å². The topological polar surface area (TPSA) is 55.8 Å².